The Bertz CT molecular complexity index is 752. The van der Waals surface area contributed by atoms with E-state index in [2.05, 4.69) is 63.9 Å². The second kappa shape index (κ2) is 15.8. The average molecular weight is 426 g/mol. The Balaban J connectivity index is 2.21. The van der Waals surface area contributed by atoms with E-state index in [9.17, 15) is 0 Å². The SMILES string of the molecule is CC(C)=CCC/C(C)=C/CC/C(C)=C/CC/C(C)=C/COC(=S)Cc1cccnc1. The van der Waals surface area contributed by atoms with Gasteiger partial charge in [0, 0.05) is 18.8 Å². The molecule has 0 saturated carbocycles. The van der Waals surface area contributed by atoms with Gasteiger partial charge in [-0.25, -0.2) is 0 Å². The quantitative estimate of drug-likeness (QED) is 0.235. The van der Waals surface area contributed by atoms with Crippen LogP contribution in [0.5, 0.6) is 0 Å². The Morgan fingerprint density at radius 3 is 1.97 bits per heavy atom. The van der Waals surface area contributed by atoms with Crippen LogP contribution in [-0.2, 0) is 11.2 Å². The van der Waals surface area contributed by atoms with Gasteiger partial charge in [-0.3, -0.25) is 4.98 Å². The van der Waals surface area contributed by atoms with E-state index in [4.69, 9.17) is 17.0 Å². The standard InChI is InChI=1S/C27H39NOS/c1-22(2)10-6-11-23(3)12-7-13-24(4)14-8-15-25(5)17-19-29-27(30)20-26-16-9-18-28-21-26/h9-10,12,14,16-18,21H,6-8,11,13,15,19-20H2,1-5H3/b23-12+,24-14+,25-17+. The Morgan fingerprint density at radius 1 is 0.867 bits per heavy atom. The van der Waals surface area contributed by atoms with Crippen LogP contribution < -0.4 is 0 Å². The lowest BCUT2D eigenvalue weighted by Gasteiger charge is -2.06. The van der Waals surface area contributed by atoms with Crippen molar-refractivity contribution in [3.8, 4) is 0 Å². The van der Waals surface area contributed by atoms with Crippen molar-refractivity contribution in [3.63, 3.8) is 0 Å². The van der Waals surface area contributed by atoms with Crippen molar-refractivity contribution in [1.29, 1.82) is 0 Å². The molecule has 0 bridgehead atoms. The molecule has 1 rings (SSSR count). The maximum Gasteiger partial charge on any atom is 0.164 e. The number of aromatic nitrogens is 1. The molecule has 0 N–H and O–H groups in total. The molecule has 0 aromatic carbocycles. The summed E-state index contributed by atoms with van der Waals surface area (Å²) in [7, 11) is 0. The molecule has 0 amide bonds. The fourth-order valence-corrected chi connectivity index (χ4v) is 3.22. The molecule has 2 nitrogen and oxygen atoms in total. The van der Waals surface area contributed by atoms with Crippen molar-refractivity contribution >= 4 is 17.3 Å². The lowest BCUT2D eigenvalue weighted by molar-refractivity contribution is 0.351. The summed E-state index contributed by atoms with van der Waals surface area (Å²) in [6, 6.07) is 3.93. The third kappa shape index (κ3) is 14.1. The summed E-state index contributed by atoms with van der Waals surface area (Å²) in [6.07, 6.45) is 20.2. The summed E-state index contributed by atoms with van der Waals surface area (Å²) < 4.78 is 5.66. The number of pyridine rings is 1. The van der Waals surface area contributed by atoms with Crippen LogP contribution in [-0.4, -0.2) is 16.6 Å². The van der Waals surface area contributed by atoms with E-state index in [1.165, 1.54) is 28.7 Å². The van der Waals surface area contributed by atoms with Crippen molar-refractivity contribution in [1.82, 2.24) is 4.98 Å². The molecule has 164 valence electrons. The van der Waals surface area contributed by atoms with Gasteiger partial charge in [-0.05, 0) is 103 Å². The van der Waals surface area contributed by atoms with Gasteiger partial charge in [-0.2, -0.15) is 0 Å². The summed E-state index contributed by atoms with van der Waals surface area (Å²) in [5.74, 6) is 0. The van der Waals surface area contributed by atoms with E-state index in [-0.39, 0.29) is 0 Å². The fourth-order valence-electron chi connectivity index (χ4n) is 2.98. The molecule has 30 heavy (non-hydrogen) atoms. The Labute approximate surface area is 189 Å². The number of ether oxygens (including phenoxy) is 1. The fraction of sp³-hybridized carbons (Fsp3) is 0.481. The van der Waals surface area contributed by atoms with E-state index >= 15 is 0 Å². The summed E-state index contributed by atoms with van der Waals surface area (Å²) in [5.41, 5.74) is 6.82. The number of hydrogen-bond donors (Lipinski definition) is 0. The zero-order chi connectivity index (χ0) is 22.2. The highest BCUT2D eigenvalue weighted by Gasteiger charge is 2.00. The molecule has 0 aliphatic rings. The van der Waals surface area contributed by atoms with Gasteiger partial charge >= 0.3 is 0 Å². The maximum atomic E-state index is 5.66. The van der Waals surface area contributed by atoms with Gasteiger partial charge in [0.2, 0.25) is 0 Å². The van der Waals surface area contributed by atoms with Crippen molar-refractivity contribution in [3.05, 3.63) is 76.7 Å². The first kappa shape index (κ1) is 26.0. The number of thiocarbonyl (C=S) groups is 1. The molecule has 0 saturated heterocycles. The van der Waals surface area contributed by atoms with E-state index in [1.54, 1.807) is 6.20 Å². The van der Waals surface area contributed by atoms with Crippen LogP contribution in [0.2, 0.25) is 0 Å². The van der Waals surface area contributed by atoms with Crippen LogP contribution in [0.1, 0.15) is 78.7 Å². The van der Waals surface area contributed by atoms with E-state index in [1.807, 2.05) is 18.3 Å². The summed E-state index contributed by atoms with van der Waals surface area (Å²) in [6.45, 7) is 11.5. The molecule has 0 radical (unpaired) electrons. The molecule has 0 unspecified atom stereocenters. The minimum absolute atomic E-state index is 0.546. The van der Waals surface area contributed by atoms with Crippen molar-refractivity contribution in [2.45, 2.75) is 79.6 Å². The average Bonchev–Trinajstić information content (AvgIpc) is 2.68. The zero-order valence-electron chi connectivity index (χ0n) is 19.5. The highest BCUT2D eigenvalue weighted by molar-refractivity contribution is 7.80. The largest absolute Gasteiger partial charge is 0.483 e. The van der Waals surface area contributed by atoms with Crippen LogP contribution in [0.25, 0.3) is 0 Å². The van der Waals surface area contributed by atoms with E-state index < -0.39 is 0 Å². The molecule has 1 aromatic rings. The highest BCUT2D eigenvalue weighted by atomic mass is 32.1. The van der Waals surface area contributed by atoms with Crippen LogP contribution in [0, 0.1) is 0 Å². The van der Waals surface area contributed by atoms with Crippen molar-refractivity contribution in [2.24, 2.45) is 0 Å². The molecule has 0 fully saturated rings. The van der Waals surface area contributed by atoms with Gasteiger partial charge in [0.05, 0.1) is 0 Å². The van der Waals surface area contributed by atoms with Crippen LogP contribution >= 0.6 is 12.2 Å². The topological polar surface area (TPSA) is 22.1 Å². The zero-order valence-corrected chi connectivity index (χ0v) is 20.4. The third-order valence-corrected chi connectivity index (χ3v) is 5.16. The van der Waals surface area contributed by atoms with Crippen LogP contribution in [0.4, 0.5) is 0 Å². The number of rotatable bonds is 13. The van der Waals surface area contributed by atoms with Gasteiger partial charge in [-0.15, -0.1) is 0 Å². The monoisotopic (exact) mass is 425 g/mol. The third-order valence-electron chi connectivity index (χ3n) is 4.90. The summed E-state index contributed by atoms with van der Waals surface area (Å²) >= 11 is 5.31. The molecular weight excluding hydrogens is 386 g/mol. The second-order valence-corrected chi connectivity index (χ2v) is 8.73. The molecule has 3 heteroatoms. The van der Waals surface area contributed by atoms with Gasteiger partial charge in [0.15, 0.2) is 5.05 Å². The first-order valence-electron chi connectivity index (χ1n) is 11.0. The normalized spacial score (nSPS) is 12.6. The predicted octanol–water partition coefficient (Wildman–Crippen LogP) is 8.11. The molecule has 1 aromatic heterocycles. The summed E-state index contributed by atoms with van der Waals surface area (Å²) in [4.78, 5) is 4.10. The maximum absolute atomic E-state index is 5.66. The molecule has 1 heterocycles. The summed E-state index contributed by atoms with van der Waals surface area (Å²) in [5, 5.41) is 0.618. The molecule has 0 spiro atoms. The minimum Gasteiger partial charge on any atom is -0.483 e. The Hall–Kier alpha value is -2.00. The van der Waals surface area contributed by atoms with E-state index in [0.717, 1.165) is 37.7 Å². The smallest absolute Gasteiger partial charge is 0.164 e. The Morgan fingerprint density at radius 2 is 1.43 bits per heavy atom. The van der Waals surface area contributed by atoms with Crippen molar-refractivity contribution < 1.29 is 4.74 Å². The second-order valence-electron chi connectivity index (χ2n) is 8.27. The number of hydrogen-bond acceptors (Lipinski definition) is 3. The first-order valence-corrected chi connectivity index (χ1v) is 11.4. The lowest BCUT2D eigenvalue weighted by Crippen LogP contribution is -2.06. The van der Waals surface area contributed by atoms with Gasteiger partial charge in [-0.1, -0.05) is 46.6 Å². The van der Waals surface area contributed by atoms with Gasteiger partial charge in [0.1, 0.15) is 6.61 Å². The predicted molar refractivity (Wildman–Crippen MR) is 135 cm³/mol. The molecule has 0 aliphatic heterocycles. The first-order chi connectivity index (χ1) is 14.4. The van der Waals surface area contributed by atoms with Crippen LogP contribution in [0.15, 0.2) is 71.1 Å². The van der Waals surface area contributed by atoms with Crippen LogP contribution in [0.3, 0.4) is 0 Å². The Kier molecular flexibility index (Phi) is 13.7. The van der Waals surface area contributed by atoms with Gasteiger partial charge < -0.3 is 4.74 Å². The minimum atomic E-state index is 0.546. The highest BCUT2D eigenvalue weighted by Crippen LogP contribution is 2.13. The van der Waals surface area contributed by atoms with Gasteiger partial charge in [0.25, 0.3) is 0 Å². The molecule has 0 atom stereocenters. The lowest BCUT2D eigenvalue weighted by atomic mass is 10.0. The van der Waals surface area contributed by atoms with E-state index in [0.29, 0.717) is 18.1 Å². The molecular formula is C27H39NOS. The van der Waals surface area contributed by atoms with Crippen molar-refractivity contribution in [2.75, 3.05) is 6.61 Å². The number of allylic oxidation sites excluding steroid dienone is 7. The molecule has 0 aliphatic carbocycles. The number of nitrogens with zero attached hydrogens (tertiary/aromatic N) is 1.